The van der Waals surface area contributed by atoms with Crippen LogP contribution >= 0.6 is 0 Å². The van der Waals surface area contributed by atoms with E-state index in [1.54, 1.807) is 31.4 Å². The van der Waals surface area contributed by atoms with E-state index >= 15 is 0 Å². The highest BCUT2D eigenvalue weighted by Crippen LogP contribution is 2.39. The smallest absolute Gasteiger partial charge is 0.308 e. The van der Waals surface area contributed by atoms with Gasteiger partial charge >= 0.3 is 5.97 Å². The van der Waals surface area contributed by atoms with Crippen LogP contribution < -0.4 is 0 Å². The summed E-state index contributed by atoms with van der Waals surface area (Å²) in [5, 5.41) is -0.0853. The van der Waals surface area contributed by atoms with Crippen molar-refractivity contribution in [1.82, 2.24) is 4.98 Å². The quantitative estimate of drug-likeness (QED) is 0.134. The molecule has 1 heterocycles. The van der Waals surface area contributed by atoms with Crippen LogP contribution in [0, 0.1) is 5.82 Å². The Morgan fingerprint density at radius 1 is 0.976 bits per heavy atom. The summed E-state index contributed by atoms with van der Waals surface area (Å²) in [7, 11) is 0.718. The van der Waals surface area contributed by atoms with Crippen molar-refractivity contribution < 1.29 is 27.9 Å². The maximum Gasteiger partial charge on any atom is 0.308 e. The maximum atomic E-state index is 13.9. The zero-order chi connectivity index (χ0) is 31.1. The minimum atomic E-state index is -2.26. The molecule has 1 atom stereocenters. The lowest BCUT2D eigenvalue weighted by Crippen LogP contribution is -2.44. The Balaban J connectivity index is 2.64. The molecule has 0 aliphatic carbocycles. The van der Waals surface area contributed by atoms with Gasteiger partial charge in [-0.3, -0.25) is 14.6 Å². The van der Waals surface area contributed by atoms with Gasteiger partial charge in [0.2, 0.25) is 0 Å². The fraction of sp³-hybridized carbons (Fsp3) is 0.545. The van der Waals surface area contributed by atoms with Gasteiger partial charge in [0.15, 0.2) is 14.1 Å². The average molecular weight is 586 g/mol. The Labute approximate surface area is 246 Å². The average Bonchev–Trinajstić information content (AvgIpc) is 2.86. The summed E-state index contributed by atoms with van der Waals surface area (Å²) in [6, 6.07) is 6.36. The maximum absolute atomic E-state index is 13.9. The van der Waals surface area contributed by atoms with Crippen molar-refractivity contribution in [3.05, 3.63) is 58.7 Å². The van der Waals surface area contributed by atoms with E-state index in [1.807, 2.05) is 0 Å². The molecule has 2 aromatic rings. The van der Waals surface area contributed by atoms with Gasteiger partial charge < -0.3 is 13.9 Å². The number of rotatable bonds is 13. The zero-order valence-corrected chi connectivity index (χ0v) is 27.7. The molecule has 0 N–H and O–H groups in total. The van der Waals surface area contributed by atoms with Gasteiger partial charge in [-0.05, 0) is 65.4 Å². The second kappa shape index (κ2) is 14.5. The summed E-state index contributed by atoms with van der Waals surface area (Å²) in [4.78, 5) is 30.6. The van der Waals surface area contributed by atoms with Gasteiger partial charge in [0, 0.05) is 30.4 Å². The molecule has 0 unspecified atom stereocenters. The standard InChI is InChI=1S/C33H48FNO5Si/c1-21(2)31-27(17-16-25(36)18-26(19-29(37)39-9)40-41(10,11)33(5,6)7)30(23-12-14-24(34)15-13-23)28(20-38-8)32(35-31)22(3)4/h12-17,21-22,26H,18-20H2,1-11H3/b17-16+/t26-/m1/s1. The molecular weight excluding hydrogens is 537 g/mol. The second-order valence-corrected chi connectivity index (χ2v) is 17.4. The van der Waals surface area contributed by atoms with E-state index in [-0.39, 0.29) is 41.3 Å². The highest BCUT2D eigenvalue weighted by atomic mass is 28.4. The van der Waals surface area contributed by atoms with E-state index in [1.165, 1.54) is 19.2 Å². The third-order valence-corrected chi connectivity index (χ3v) is 12.2. The summed E-state index contributed by atoms with van der Waals surface area (Å²) in [5.41, 5.74) is 5.17. The number of esters is 1. The summed E-state index contributed by atoms with van der Waals surface area (Å²) in [6.07, 6.45) is 2.80. The fourth-order valence-electron chi connectivity index (χ4n) is 4.49. The van der Waals surface area contributed by atoms with Crippen LogP contribution in [-0.2, 0) is 30.1 Å². The van der Waals surface area contributed by atoms with Crippen LogP contribution in [0.1, 0.15) is 95.7 Å². The predicted octanol–water partition coefficient (Wildman–Crippen LogP) is 8.21. The van der Waals surface area contributed by atoms with Crippen LogP contribution in [0.25, 0.3) is 17.2 Å². The molecular formula is C33H48FNO5Si. The number of hydrogen-bond donors (Lipinski definition) is 0. The number of carbonyl (C=O) groups excluding carboxylic acids is 2. The molecule has 1 aromatic heterocycles. The lowest BCUT2D eigenvalue weighted by atomic mass is 9.87. The van der Waals surface area contributed by atoms with Crippen molar-refractivity contribution in [2.45, 2.75) is 104 Å². The van der Waals surface area contributed by atoms with Gasteiger partial charge in [0.25, 0.3) is 0 Å². The van der Waals surface area contributed by atoms with Crippen molar-refractivity contribution in [1.29, 1.82) is 0 Å². The van der Waals surface area contributed by atoms with Gasteiger partial charge in [-0.1, -0.05) is 60.6 Å². The van der Waals surface area contributed by atoms with Crippen LogP contribution in [0.2, 0.25) is 18.1 Å². The fourth-order valence-corrected chi connectivity index (χ4v) is 5.84. The molecule has 6 nitrogen and oxygen atoms in total. The number of ether oxygens (including phenoxy) is 2. The molecule has 41 heavy (non-hydrogen) atoms. The summed E-state index contributed by atoms with van der Waals surface area (Å²) in [5.74, 6) is -0.715. The Hall–Kier alpha value is -2.68. The molecule has 0 spiro atoms. The molecule has 0 aliphatic rings. The van der Waals surface area contributed by atoms with Crippen LogP contribution in [0.5, 0.6) is 0 Å². The Bertz CT molecular complexity index is 1230. The molecule has 8 heteroatoms. The first-order valence-electron chi connectivity index (χ1n) is 14.3. The van der Waals surface area contributed by atoms with Crippen molar-refractivity contribution >= 4 is 26.1 Å². The van der Waals surface area contributed by atoms with E-state index in [2.05, 4.69) is 61.6 Å². The first-order valence-corrected chi connectivity index (χ1v) is 17.2. The summed E-state index contributed by atoms with van der Waals surface area (Å²) in [6.45, 7) is 19.2. The lowest BCUT2D eigenvalue weighted by Gasteiger charge is -2.39. The molecule has 0 saturated carbocycles. The number of benzene rings is 1. The van der Waals surface area contributed by atoms with E-state index in [4.69, 9.17) is 18.9 Å². The normalized spacial score (nSPS) is 13.3. The molecule has 2 rings (SSSR count). The van der Waals surface area contributed by atoms with Gasteiger partial charge in [0.05, 0.1) is 31.9 Å². The summed E-state index contributed by atoms with van der Waals surface area (Å²) < 4.78 is 30.9. The Morgan fingerprint density at radius 3 is 2.05 bits per heavy atom. The van der Waals surface area contributed by atoms with Gasteiger partial charge in [0.1, 0.15) is 5.82 Å². The predicted molar refractivity (Wildman–Crippen MR) is 166 cm³/mol. The molecule has 0 fully saturated rings. The number of aromatic nitrogens is 1. The Kier molecular flexibility index (Phi) is 12.2. The topological polar surface area (TPSA) is 74.7 Å². The number of ketones is 1. The van der Waals surface area contributed by atoms with Crippen LogP contribution in [0.4, 0.5) is 4.39 Å². The minimum absolute atomic E-state index is 0.00327. The highest BCUT2D eigenvalue weighted by molar-refractivity contribution is 6.74. The SMILES string of the molecule is COCc1c(C(C)C)nc(C(C)C)c(/C=C/C(=O)C[C@H](CC(=O)OC)O[Si](C)(C)C(C)(C)C)c1-c1ccc(F)cc1. The molecule has 0 saturated heterocycles. The van der Waals surface area contributed by atoms with Crippen LogP contribution in [0.3, 0.4) is 0 Å². The second-order valence-electron chi connectivity index (χ2n) is 12.7. The van der Waals surface area contributed by atoms with E-state index in [0.29, 0.717) is 6.61 Å². The first kappa shape index (κ1) is 34.5. The van der Waals surface area contributed by atoms with Gasteiger partial charge in [-0.25, -0.2) is 4.39 Å². The molecule has 0 bridgehead atoms. The van der Waals surface area contributed by atoms with Crippen molar-refractivity contribution in [2.75, 3.05) is 14.2 Å². The number of hydrogen-bond acceptors (Lipinski definition) is 6. The zero-order valence-electron chi connectivity index (χ0n) is 26.7. The molecule has 0 amide bonds. The van der Waals surface area contributed by atoms with Crippen LogP contribution in [0.15, 0.2) is 30.3 Å². The largest absolute Gasteiger partial charge is 0.469 e. The first-order chi connectivity index (χ1) is 19.0. The molecule has 1 aromatic carbocycles. The van der Waals surface area contributed by atoms with E-state index in [0.717, 1.165) is 33.6 Å². The number of nitrogens with zero attached hydrogens (tertiary/aromatic N) is 1. The third kappa shape index (κ3) is 9.15. The molecule has 226 valence electrons. The molecule has 0 radical (unpaired) electrons. The van der Waals surface area contributed by atoms with Gasteiger partial charge in [-0.2, -0.15) is 0 Å². The van der Waals surface area contributed by atoms with Crippen molar-refractivity contribution in [2.24, 2.45) is 0 Å². The van der Waals surface area contributed by atoms with Gasteiger partial charge in [-0.15, -0.1) is 0 Å². The number of carbonyl (C=O) groups is 2. The number of allylic oxidation sites excluding steroid dienone is 1. The minimum Gasteiger partial charge on any atom is -0.469 e. The van der Waals surface area contributed by atoms with Crippen molar-refractivity contribution in [3.63, 3.8) is 0 Å². The monoisotopic (exact) mass is 585 g/mol. The number of pyridine rings is 1. The third-order valence-electron chi connectivity index (χ3n) is 7.67. The molecule has 0 aliphatic heterocycles. The lowest BCUT2D eigenvalue weighted by molar-refractivity contribution is -0.142. The number of halogens is 1. The highest BCUT2D eigenvalue weighted by Gasteiger charge is 2.40. The van der Waals surface area contributed by atoms with E-state index < -0.39 is 20.4 Å². The summed E-state index contributed by atoms with van der Waals surface area (Å²) >= 11 is 0. The van der Waals surface area contributed by atoms with Crippen molar-refractivity contribution in [3.8, 4) is 11.1 Å². The van der Waals surface area contributed by atoms with Crippen LogP contribution in [-0.4, -0.2) is 45.4 Å². The van der Waals surface area contributed by atoms with E-state index in [9.17, 15) is 14.0 Å². The Morgan fingerprint density at radius 2 is 1.56 bits per heavy atom. The number of methoxy groups -OCH3 is 2.